The number of fused-ring (bicyclic) bond motifs is 1. The minimum absolute atomic E-state index is 0.0110. The van der Waals surface area contributed by atoms with Crippen molar-refractivity contribution in [1.29, 1.82) is 0 Å². The first-order valence-corrected chi connectivity index (χ1v) is 7.74. The smallest absolute Gasteiger partial charge is 0.311 e. The van der Waals surface area contributed by atoms with E-state index >= 15 is 0 Å². The van der Waals surface area contributed by atoms with Gasteiger partial charge in [-0.15, -0.1) is 11.3 Å². The summed E-state index contributed by atoms with van der Waals surface area (Å²) < 4.78 is 38.9. The third-order valence-corrected chi connectivity index (χ3v) is 4.77. The molecule has 0 aliphatic heterocycles. The van der Waals surface area contributed by atoms with Crippen LogP contribution in [0, 0.1) is 0 Å². The van der Waals surface area contributed by atoms with Gasteiger partial charge in [0.2, 0.25) is 0 Å². The molecule has 0 bridgehead atoms. The van der Waals surface area contributed by atoms with Gasteiger partial charge in [0.25, 0.3) is 0 Å². The molecule has 21 heavy (non-hydrogen) atoms. The Morgan fingerprint density at radius 3 is 2.76 bits per heavy atom. The van der Waals surface area contributed by atoms with Gasteiger partial charge in [0.05, 0.1) is 9.90 Å². The fraction of sp³-hybridized carbons (Fsp3) is 0.167. The molecule has 3 heterocycles. The van der Waals surface area contributed by atoms with E-state index in [0.29, 0.717) is 22.0 Å². The van der Waals surface area contributed by atoms with Gasteiger partial charge in [0.1, 0.15) is 5.52 Å². The summed E-state index contributed by atoms with van der Waals surface area (Å²) >= 11 is 7.29. The van der Waals surface area contributed by atoms with Crippen LogP contribution in [0.2, 0.25) is 5.02 Å². The predicted molar refractivity (Wildman–Crippen MR) is 78.7 cm³/mol. The summed E-state index contributed by atoms with van der Waals surface area (Å²) in [4.78, 5) is 9.20. The zero-order valence-electron chi connectivity index (χ0n) is 10.5. The predicted octanol–water partition coefficient (Wildman–Crippen LogP) is 4.96. The summed E-state index contributed by atoms with van der Waals surface area (Å²) in [6.07, 6.45) is 1.20. The number of imidazole rings is 1. The molecule has 9 heteroatoms. The van der Waals surface area contributed by atoms with Gasteiger partial charge in [0, 0.05) is 18.1 Å². The number of aryl methyl sites for hydroxylation is 1. The Bertz CT molecular complexity index is 810. The zero-order valence-corrected chi connectivity index (χ0v) is 12.9. The van der Waals surface area contributed by atoms with Crippen LogP contribution in [0.25, 0.3) is 21.9 Å². The van der Waals surface area contributed by atoms with Crippen molar-refractivity contribution in [3.8, 4) is 10.7 Å². The standard InChI is InChI=1S/C12H7ClF3N3S2/c1-19-10-8(4-6(5-17-10)21-12(14,15)16)18-11(19)9-7(13)2-3-20-9/h2-5H,1H3. The number of hydrogen-bond acceptors (Lipinski definition) is 4. The van der Waals surface area contributed by atoms with Gasteiger partial charge in [-0.25, -0.2) is 9.97 Å². The van der Waals surface area contributed by atoms with Crippen molar-refractivity contribution in [2.75, 3.05) is 0 Å². The summed E-state index contributed by atoms with van der Waals surface area (Å²) in [5.74, 6) is 0.589. The molecule has 110 valence electrons. The van der Waals surface area contributed by atoms with E-state index in [-0.39, 0.29) is 16.7 Å². The largest absolute Gasteiger partial charge is 0.446 e. The minimum atomic E-state index is -4.34. The highest BCUT2D eigenvalue weighted by Gasteiger charge is 2.29. The van der Waals surface area contributed by atoms with Crippen LogP contribution >= 0.6 is 34.7 Å². The second-order valence-electron chi connectivity index (χ2n) is 4.15. The number of thioether (sulfide) groups is 1. The Hall–Kier alpha value is -1.25. The molecule has 0 N–H and O–H groups in total. The number of hydrogen-bond donors (Lipinski definition) is 0. The molecule has 0 atom stereocenters. The molecular formula is C12H7ClF3N3S2. The van der Waals surface area contributed by atoms with Crippen molar-refractivity contribution in [1.82, 2.24) is 14.5 Å². The third-order valence-electron chi connectivity index (χ3n) is 2.74. The number of halogens is 4. The van der Waals surface area contributed by atoms with Crippen LogP contribution in [-0.2, 0) is 7.05 Å². The molecule has 3 aromatic rings. The molecule has 0 radical (unpaired) electrons. The highest BCUT2D eigenvalue weighted by molar-refractivity contribution is 8.00. The first-order chi connectivity index (χ1) is 9.85. The average Bonchev–Trinajstić information content (AvgIpc) is 2.92. The van der Waals surface area contributed by atoms with E-state index in [1.54, 1.807) is 17.7 Å². The van der Waals surface area contributed by atoms with E-state index in [0.717, 1.165) is 4.88 Å². The number of nitrogens with zero attached hydrogens (tertiary/aromatic N) is 3. The van der Waals surface area contributed by atoms with E-state index < -0.39 is 5.51 Å². The lowest BCUT2D eigenvalue weighted by Crippen LogP contribution is -1.99. The molecule has 0 saturated heterocycles. The Morgan fingerprint density at radius 1 is 1.38 bits per heavy atom. The summed E-state index contributed by atoms with van der Waals surface area (Å²) in [7, 11) is 1.75. The van der Waals surface area contributed by atoms with Gasteiger partial charge in [-0.05, 0) is 29.3 Å². The first-order valence-electron chi connectivity index (χ1n) is 5.67. The molecule has 0 amide bonds. The fourth-order valence-electron chi connectivity index (χ4n) is 1.90. The minimum Gasteiger partial charge on any atom is -0.311 e. The van der Waals surface area contributed by atoms with Crippen molar-refractivity contribution in [2.45, 2.75) is 10.4 Å². The molecular weight excluding hydrogens is 343 g/mol. The van der Waals surface area contributed by atoms with Crippen molar-refractivity contribution in [3.05, 3.63) is 28.7 Å². The van der Waals surface area contributed by atoms with E-state index in [1.165, 1.54) is 23.6 Å². The lowest BCUT2D eigenvalue weighted by molar-refractivity contribution is -0.0328. The molecule has 0 spiro atoms. The van der Waals surface area contributed by atoms with Gasteiger partial charge in [-0.1, -0.05) is 11.6 Å². The molecule has 0 fully saturated rings. The van der Waals surface area contributed by atoms with Crippen LogP contribution in [0.3, 0.4) is 0 Å². The number of pyridine rings is 1. The van der Waals surface area contributed by atoms with Gasteiger partial charge in [0.15, 0.2) is 11.5 Å². The van der Waals surface area contributed by atoms with Crippen LogP contribution in [-0.4, -0.2) is 20.0 Å². The maximum absolute atomic E-state index is 12.4. The maximum atomic E-state index is 12.4. The summed E-state index contributed by atoms with van der Waals surface area (Å²) in [5.41, 5.74) is -3.42. The second kappa shape index (κ2) is 5.19. The number of thiophene rings is 1. The summed E-state index contributed by atoms with van der Waals surface area (Å²) in [6, 6.07) is 3.13. The lowest BCUT2D eigenvalue weighted by atomic mass is 10.4. The Balaban J connectivity index is 2.10. The molecule has 0 saturated carbocycles. The van der Waals surface area contributed by atoms with Crippen LogP contribution in [0.5, 0.6) is 0 Å². The monoisotopic (exact) mass is 349 g/mol. The molecule has 0 aliphatic rings. The van der Waals surface area contributed by atoms with Gasteiger partial charge in [-0.2, -0.15) is 13.2 Å². The Morgan fingerprint density at radius 2 is 2.14 bits per heavy atom. The number of alkyl halides is 3. The van der Waals surface area contributed by atoms with Gasteiger partial charge in [-0.3, -0.25) is 0 Å². The molecule has 0 aliphatic carbocycles. The van der Waals surface area contributed by atoms with E-state index in [4.69, 9.17) is 11.6 Å². The topological polar surface area (TPSA) is 30.7 Å². The highest BCUT2D eigenvalue weighted by atomic mass is 35.5. The molecule has 3 nitrogen and oxygen atoms in total. The number of rotatable bonds is 2. The molecule has 3 rings (SSSR count). The average molecular weight is 350 g/mol. The van der Waals surface area contributed by atoms with Crippen LogP contribution < -0.4 is 0 Å². The second-order valence-corrected chi connectivity index (χ2v) is 6.62. The molecule has 0 aromatic carbocycles. The van der Waals surface area contributed by atoms with E-state index in [2.05, 4.69) is 9.97 Å². The fourth-order valence-corrected chi connectivity index (χ4v) is 3.61. The quantitative estimate of drug-likeness (QED) is 0.612. The highest BCUT2D eigenvalue weighted by Crippen LogP contribution is 2.38. The van der Waals surface area contributed by atoms with Gasteiger partial charge >= 0.3 is 5.51 Å². The summed E-state index contributed by atoms with van der Waals surface area (Å²) in [6.45, 7) is 0. The first kappa shape index (κ1) is 14.7. The molecule has 3 aromatic heterocycles. The van der Waals surface area contributed by atoms with Crippen LogP contribution in [0.4, 0.5) is 13.2 Å². The van der Waals surface area contributed by atoms with Crippen molar-refractivity contribution < 1.29 is 13.2 Å². The van der Waals surface area contributed by atoms with Crippen LogP contribution in [0.15, 0.2) is 28.6 Å². The lowest BCUT2D eigenvalue weighted by Gasteiger charge is -2.04. The van der Waals surface area contributed by atoms with Crippen LogP contribution in [0.1, 0.15) is 0 Å². The van der Waals surface area contributed by atoms with Crippen molar-refractivity contribution in [3.63, 3.8) is 0 Å². The summed E-state index contributed by atoms with van der Waals surface area (Å²) in [5, 5.41) is 2.39. The molecule has 0 unspecified atom stereocenters. The van der Waals surface area contributed by atoms with Crippen molar-refractivity contribution >= 4 is 45.9 Å². The third kappa shape index (κ3) is 2.88. The maximum Gasteiger partial charge on any atom is 0.446 e. The Labute approximate surface area is 130 Å². The van der Waals surface area contributed by atoms with E-state index in [1.807, 2.05) is 5.38 Å². The number of aromatic nitrogens is 3. The normalized spacial score (nSPS) is 12.2. The van der Waals surface area contributed by atoms with Crippen molar-refractivity contribution in [2.24, 2.45) is 7.05 Å². The zero-order chi connectivity index (χ0) is 15.2. The van der Waals surface area contributed by atoms with E-state index in [9.17, 15) is 13.2 Å². The SMILES string of the molecule is Cn1c(-c2sccc2Cl)nc2cc(SC(F)(F)F)cnc21. The van der Waals surface area contributed by atoms with Gasteiger partial charge < -0.3 is 4.57 Å². The Kier molecular flexibility index (Phi) is 3.62.